The van der Waals surface area contributed by atoms with Crippen molar-refractivity contribution in [3.63, 3.8) is 0 Å². The number of aryl methyl sites for hydroxylation is 5. The number of carbonyl (C=O) groups is 2. The van der Waals surface area contributed by atoms with Crippen molar-refractivity contribution in [2.75, 3.05) is 57.3 Å². The molecule has 5 aromatic carbocycles. The van der Waals surface area contributed by atoms with Crippen molar-refractivity contribution in [1.82, 2.24) is 0 Å². The molecular formula is C68H82IN4O15S2+. The van der Waals surface area contributed by atoms with Crippen LogP contribution in [0.25, 0.3) is 39.0 Å². The van der Waals surface area contributed by atoms with Gasteiger partial charge in [0.2, 0.25) is 22.5 Å². The maximum Gasteiger partial charge on any atom is 0.412 e. The predicted octanol–water partition coefficient (Wildman–Crippen LogP) is 8.29. The zero-order valence-electron chi connectivity index (χ0n) is 51.8. The van der Waals surface area contributed by atoms with Gasteiger partial charge in [-0.25, -0.2) is 8.42 Å². The lowest BCUT2D eigenvalue weighted by Gasteiger charge is -2.20. The third-order valence-electron chi connectivity index (χ3n) is 15.0. The number of phenols is 2. The summed E-state index contributed by atoms with van der Waals surface area (Å²) in [6.45, 7) is 14.2. The molecule has 0 atom stereocenters. The number of benzene rings is 5. The van der Waals surface area contributed by atoms with E-state index < -0.39 is 10.1 Å². The summed E-state index contributed by atoms with van der Waals surface area (Å²) in [5.74, 6) is 1.80. The van der Waals surface area contributed by atoms with E-state index in [0.717, 1.165) is 131 Å². The van der Waals surface area contributed by atoms with Gasteiger partial charge in [0.05, 0.1) is 67.4 Å². The number of anilines is 1. The number of phenolic OH excluding ortho intramolecular Hbond substituents is 2. The lowest BCUT2D eigenvalue weighted by atomic mass is 10.1. The van der Waals surface area contributed by atoms with Crippen LogP contribution in [0.1, 0.15) is 94.7 Å². The van der Waals surface area contributed by atoms with E-state index in [4.69, 9.17) is 37.6 Å². The molecule has 2 saturated heterocycles. The van der Waals surface area contributed by atoms with E-state index in [9.17, 15) is 32.8 Å². The number of fused-ring (bicyclic) bond motifs is 4. The van der Waals surface area contributed by atoms with E-state index in [0.29, 0.717) is 77.1 Å². The molecule has 482 valence electrons. The fraction of sp³-hybridized carbons (Fsp3) is 0.397. The average molecular weight is 1390 g/mol. The number of halogens is 1. The molecule has 19 nitrogen and oxygen atoms in total. The molecule has 3 aromatic heterocycles. The van der Waals surface area contributed by atoms with Crippen LogP contribution in [0.5, 0.6) is 17.2 Å². The summed E-state index contributed by atoms with van der Waals surface area (Å²) >= 11 is 1.62. The molecule has 0 spiro atoms. The summed E-state index contributed by atoms with van der Waals surface area (Å²) < 4.78 is 81.9. The number of nitrogens with zero attached hydrogens (tertiary/aromatic N) is 4. The Bertz CT molecular complexity index is 3750. The summed E-state index contributed by atoms with van der Waals surface area (Å²) in [5, 5.41) is 23.5. The van der Waals surface area contributed by atoms with E-state index in [1.54, 1.807) is 36.0 Å². The molecule has 0 unspecified atom stereocenters. The van der Waals surface area contributed by atoms with E-state index in [-0.39, 0.29) is 59.1 Å². The minimum Gasteiger partial charge on any atom is -1.00 e. The number of thioether (sulfide) groups is 1. The maximum absolute atomic E-state index is 11.6. The molecule has 6 heterocycles. The fourth-order valence-electron chi connectivity index (χ4n) is 10.6. The number of esters is 2. The van der Waals surface area contributed by atoms with Gasteiger partial charge < -0.3 is 81.2 Å². The number of pyridine rings is 2. The molecule has 0 aliphatic carbocycles. The number of oxazole rings is 1. The molecule has 22 heteroatoms. The van der Waals surface area contributed by atoms with Gasteiger partial charge in [0, 0.05) is 80.6 Å². The van der Waals surface area contributed by atoms with Crippen molar-refractivity contribution < 1.29 is 108 Å². The van der Waals surface area contributed by atoms with Crippen LogP contribution < -0.4 is 47.3 Å². The molecular weight excluding hydrogens is 1300 g/mol. The largest absolute Gasteiger partial charge is 1.00 e. The van der Waals surface area contributed by atoms with Crippen molar-refractivity contribution in [3.8, 4) is 17.2 Å². The van der Waals surface area contributed by atoms with Gasteiger partial charge in [-0.15, -0.1) is 0 Å². The van der Waals surface area contributed by atoms with Crippen LogP contribution in [-0.2, 0) is 67.8 Å². The lowest BCUT2D eigenvalue weighted by molar-refractivity contribution is -0.718. The van der Waals surface area contributed by atoms with Crippen LogP contribution in [0.15, 0.2) is 154 Å². The Morgan fingerprint density at radius 3 is 1.80 bits per heavy atom. The second-order valence-electron chi connectivity index (χ2n) is 21.3. The van der Waals surface area contributed by atoms with Gasteiger partial charge in [-0.2, -0.15) is 13.7 Å². The average Bonchev–Trinajstić information content (AvgIpc) is 1.14. The van der Waals surface area contributed by atoms with Crippen molar-refractivity contribution in [3.05, 3.63) is 156 Å². The van der Waals surface area contributed by atoms with Crippen LogP contribution in [0.2, 0.25) is 0 Å². The summed E-state index contributed by atoms with van der Waals surface area (Å²) in [5.41, 5.74) is 7.92. The van der Waals surface area contributed by atoms with Gasteiger partial charge >= 0.3 is 17.2 Å². The van der Waals surface area contributed by atoms with Crippen molar-refractivity contribution in [2.24, 2.45) is 0 Å². The molecule has 0 radical (unpaired) electrons. The van der Waals surface area contributed by atoms with Gasteiger partial charge in [0.15, 0.2) is 37.3 Å². The van der Waals surface area contributed by atoms with Gasteiger partial charge in [-0.3, -0.25) is 9.59 Å². The zero-order chi connectivity index (χ0) is 63.1. The number of carbonyl (C=O) groups excluding carboxylic acids is 2. The Labute approximate surface area is 548 Å². The SMILES string of the molecule is CCOC(=O)CCCCC[n+]1ccc(C)c2c(O)cccc21.CCOC(=O)CCCCC[n+]1ccc(C=C2Oc3ccccc3N2CCC2OCCO2)c2c(O)cccc21.CSc1oc2ccccc2[n+]1CCC1OCCO1.Cc1ccc(S(=O)(=O)[O-])cc1.[I-]. The van der Waals surface area contributed by atoms with Crippen molar-refractivity contribution >= 4 is 78.5 Å². The minimum absolute atomic E-state index is 0. The van der Waals surface area contributed by atoms with Gasteiger partial charge in [-0.05, 0) is 119 Å². The summed E-state index contributed by atoms with van der Waals surface area (Å²) in [6.07, 6.45) is 15.8. The third-order valence-corrected chi connectivity index (χ3v) is 16.5. The Morgan fingerprint density at radius 1 is 0.656 bits per heavy atom. The van der Waals surface area contributed by atoms with Crippen LogP contribution >= 0.6 is 11.8 Å². The Balaban J connectivity index is 0.000000188. The van der Waals surface area contributed by atoms with Crippen LogP contribution in [0, 0.1) is 13.8 Å². The second-order valence-corrected chi connectivity index (χ2v) is 23.4. The Kier molecular flexibility index (Phi) is 27.9. The standard InChI is InChI=1S/C30H34N2O6.C18H23NO3.C13H16NO3S.C7H8O3S.HI/c1-2-35-28(34)13-4-3-7-16-31-17-14-22(30-24(31)10-8-11-25(30)33)21-27-32(18-15-29-36-19-20-37-29)23-9-5-6-12-26(23)38-27;1-3-22-17(21)10-5-4-6-12-19-13-11-14(2)18-15(19)8-7-9-16(18)20;1-18-13-14(7-6-12-15-8-9-16-12)10-4-2-3-5-11(10)17-13;1-6-2-4-7(5-3-6)11(8,9)10;/h5-6,8-12,14,17,21,29H,2-4,7,13,15-16,18-20H2,1H3;7-9,11,13H,3-6,10,12H2,1-2H3;2-5,12H,6-9H2,1H3;2-5H,1H3,(H,8,9,10);1H/q;;+1;;. The first-order valence-corrected chi connectivity index (χ1v) is 33.1. The number of aromatic hydroxyl groups is 2. The van der Waals surface area contributed by atoms with Crippen molar-refractivity contribution in [2.45, 2.75) is 134 Å². The number of hydrogen-bond acceptors (Lipinski definition) is 17. The van der Waals surface area contributed by atoms with Gasteiger partial charge in [-0.1, -0.05) is 54.1 Å². The smallest absolute Gasteiger partial charge is 0.412 e. The number of aromatic nitrogens is 3. The highest BCUT2D eigenvalue weighted by atomic mass is 127. The minimum atomic E-state index is -4.27. The molecule has 2 fully saturated rings. The number of ether oxygens (including phenoxy) is 7. The third kappa shape index (κ3) is 20.0. The number of para-hydroxylation sites is 4. The predicted molar refractivity (Wildman–Crippen MR) is 337 cm³/mol. The molecule has 0 saturated carbocycles. The Morgan fingerprint density at radius 2 is 1.20 bits per heavy atom. The molecule has 8 aromatic rings. The number of unbranched alkanes of at least 4 members (excludes halogenated alkanes) is 4. The van der Waals surface area contributed by atoms with Gasteiger partial charge in [0.1, 0.15) is 34.7 Å². The van der Waals surface area contributed by atoms with Gasteiger partial charge in [0.25, 0.3) is 5.52 Å². The lowest BCUT2D eigenvalue weighted by Crippen LogP contribution is -3.00. The van der Waals surface area contributed by atoms with E-state index in [1.807, 2.05) is 125 Å². The van der Waals surface area contributed by atoms with E-state index in [1.165, 1.54) is 12.1 Å². The van der Waals surface area contributed by atoms with E-state index >= 15 is 0 Å². The highest BCUT2D eigenvalue weighted by Crippen LogP contribution is 2.40. The normalized spacial score (nSPS) is 14.2. The van der Waals surface area contributed by atoms with Crippen molar-refractivity contribution in [1.29, 1.82) is 0 Å². The summed E-state index contributed by atoms with van der Waals surface area (Å²) in [4.78, 5) is 24.8. The number of hydrogen-bond donors (Lipinski definition) is 2. The maximum atomic E-state index is 11.6. The van der Waals surface area contributed by atoms with Crippen LogP contribution in [0.3, 0.4) is 0 Å². The quantitative estimate of drug-likeness (QED) is 0.0153. The molecule has 90 heavy (non-hydrogen) atoms. The summed E-state index contributed by atoms with van der Waals surface area (Å²) in [6, 6.07) is 37.1. The molecule has 0 amide bonds. The molecule has 0 bridgehead atoms. The fourth-order valence-corrected chi connectivity index (χ4v) is 11.6. The zero-order valence-corrected chi connectivity index (χ0v) is 55.6. The van der Waals surface area contributed by atoms with E-state index in [2.05, 4.69) is 30.9 Å². The monoisotopic (exact) mass is 1390 g/mol. The first kappa shape index (κ1) is 70.6. The first-order chi connectivity index (χ1) is 43.1. The topological polar surface area (TPSA) is 224 Å². The highest BCUT2D eigenvalue weighted by molar-refractivity contribution is 7.98. The molecule has 3 aliphatic rings. The molecule has 11 rings (SSSR count). The molecule has 3 aliphatic heterocycles. The van der Waals surface area contributed by atoms with Crippen LogP contribution in [-0.4, -0.2) is 100 Å². The summed E-state index contributed by atoms with van der Waals surface area (Å²) in [7, 11) is -4.27. The number of rotatable bonds is 23. The first-order valence-electron chi connectivity index (χ1n) is 30.4. The highest BCUT2D eigenvalue weighted by Gasteiger charge is 2.29. The van der Waals surface area contributed by atoms with Crippen LogP contribution in [0.4, 0.5) is 5.69 Å². The second kappa shape index (κ2) is 35.6. The Hall–Kier alpha value is -6.90. The molecule has 2 N–H and O–H groups in total.